The molecule has 0 N–H and O–H groups in total. The summed E-state index contributed by atoms with van der Waals surface area (Å²) < 4.78 is 21.6. The fourth-order valence-corrected chi connectivity index (χ4v) is 11.9. The van der Waals surface area contributed by atoms with E-state index in [4.69, 9.17) is 13.3 Å². The summed E-state index contributed by atoms with van der Waals surface area (Å²) in [5.41, 5.74) is 17.6. The molecule has 0 atom stereocenters. The van der Waals surface area contributed by atoms with Gasteiger partial charge >= 0.3 is 0 Å². The van der Waals surface area contributed by atoms with Crippen LogP contribution in [-0.2, 0) is 0 Å². The maximum Gasteiger partial charge on any atom is 0.159 e. The molecule has 0 aliphatic rings. The quantitative estimate of drug-likeness (QED) is 0.152. The highest BCUT2D eigenvalue weighted by atomic mass is 16.3. The summed E-state index contributed by atoms with van der Waals surface area (Å²) in [6.45, 7) is 4.32. The third-order valence-electron chi connectivity index (χ3n) is 15.3. The molecule has 3 heterocycles. The number of anilines is 6. The van der Waals surface area contributed by atoms with Crippen molar-refractivity contribution in [3.8, 4) is 22.3 Å². The Hall–Kier alpha value is -9.84. The molecule has 0 bridgehead atoms. The number of nitrogens with zero attached hydrogens (tertiary/aromatic N) is 2. The van der Waals surface area contributed by atoms with Gasteiger partial charge in [0.05, 0.1) is 22.7 Å². The van der Waals surface area contributed by atoms with E-state index in [1.54, 1.807) is 0 Å². The third kappa shape index (κ3) is 6.58. The van der Waals surface area contributed by atoms with Crippen molar-refractivity contribution >= 4 is 121 Å². The van der Waals surface area contributed by atoms with E-state index in [0.717, 1.165) is 144 Å². The van der Waals surface area contributed by atoms with Crippen LogP contribution in [0, 0.1) is 13.8 Å². The lowest BCUT2D eigenvalue weighted by Gasteiger charge is -2.27. The highest BCUT2D eigenvalue weighted by molar-refractivity contribution is 6.31. The molecule has 0 saturated carbocycles. The summed E-state index contributed by atoms with van der Waals surface area (Å²) in [6.07, 6.45) is 0. The Kier molecular flexibility index (Phi) is 9.63. The summed E-state index contributed by atoms with van der Waals surface area (Å²) >= 11 is 0. The van der Waals surface area contributed by atoms with Crippen LogP contribution in [0.15, 0.2) is 256 Å². The van der Waals surface area contributed by atoms with Crippen LogP contribution < -0.4 is 9.80 Å². The summed E-state index contributed by atoms with van der Waals surface area (Å²) in [7, 11) is 0. The Bertz CT molecular complexity index is 4450. The molecule has 0 aliphatic carbocycles. The number of hydrogen-bond acceptors (Lipinski definition) is 5. The van der Waals surface area contributed by atoms with Crippen LogP contribution in [0.3, 0.4) is 0 Å². The highest BCUT2D eigenvalue weighted by Crippen LogP contribution is 2.52. The number of furan rings is 3. The topological polar surface area (TPSA) is 45.9 Å². The minimum absolute atomic E-state index is 0.787. The maximum absolute atomic E-state index is 7.32. The molecule has 15 aromatic rings. The first-order valence-corrected chi connectivity index (χ1v) is 25.6. The molecule has 3 aromatic heterocycles. The number of hydrogen-bond donors (Lipinski definition) is 0. The largest absolute Gasteiger partial charge is 0.456 e. The van der Waals surface area contributed by atoms with E-state index < -0.39 is 0 Å². The van der Waals surface area contributed by atoms with Crippen molar-refractivity contribution in [1.82, 2.24) is 0 Å². The number of aryl methyl sites for hydroxylation is 2. The summed E-state index contributed by atoms with van der Waals surface area (Å²) in [4.78, 5) is 4.68. The predicted octanol–water partition coefficient (Wildman–Crippen LogP) is 20.6. The van der Waals surface area contributed by atoms with Crippen LogP contribution in [0.4, 0.5) is 34.1 Å². The van der Waals surface area contributed by atoms with Gasteiger partial charge in [-0.1, -0.05) is 194 Å². The summed E-state index contributed by atoms with van der Waals surface area (Å²) in [5, 5.41) is 10.8. The maximum atomic E-state index is 7.32. The van der Waals surface area contributed by atoms with Gasteiger partial charge in [-0.3, -0.25) is 0 Å². The smallest absolute Gasteiger partial charge is 0.159 e. The Balaban J connectivity index is 0.977. The lowest BCUT2D eigenvalue weighted by atomic mass is 9.96. The molecule has 75 heavy (non-hydrogen) atoms. The summed E-state index contributed by atoms with van der Waals surface area (Å²) in [6, 6.07) is 86.1. The van der Waals surface area contributed by atoms with Crippen LogP contribution in [0.25, 0.3) is 110 Å². The highest BCUT2D eigenvalue weighted by Gasteiger charge is 2.28. The van der Waals surface area contributed by atoms with Gasteiger partial charge < -0.3 is 23.1 Å². The Morgan fingerprint density at radius 3 is 1.01 bits per heavy atom. The first kappa shape index (κ1) is 42.8. The fourth-order valence-electron chi connectivity index (χ4n) is 11.9. The van der Waals surface area contributed by atoms with Crippen molar-refractivity contribution in [3.63, 3.8) is 0 Å². The van der Waals surface area contributed by atoms with Crippen LogP contribution in [0.1, 0.15) is 11.1 Å². The fraction of sp³-hybridized carbons (Fsp3) is 0.0286. The lowest BCUT2D eigenvalue weighted by Crippen LogP contribution is -2.11. The molecule has 0 aliphatic heterocycles. The normalized spacial score (nSPS) is 11.9. The van der Waals surface area contributed by atoms with Crippen LogP contribution in [0.5, 0.6) is 0 Å². The minimum atomic E-state index is 0.787. The zero-order valence-electron chi connectivity index (χ0n) is 41.2. The molecule has 0 fully saturated rings. The Labute approximate surface area is 432 Å². The van der Waals surface area contributed by atoms with Gasteiger partial charge in [-0.2, -0.15) is 0 Å². The zero-order valence-corrected chi connectivity index (χ0v) is 41.2. The predicted molar refractivity (Wildman–Crippen MR) is 313 cm³/mol. The van der Waals surface area contributed by atoms with Crippen molar-refractivity contribution < 1.29 is 13.3 Å². The van der Waals surface area contributed by atoms with Crippen LogP contribution in [0.2, 0.25) is 0 Å². The molecule has 12 aromatic carbocycles. The number of fused-ring (bicyclic) bond motifs is 13. The molecule has 0 radical (unpaired) electrons. The van der Waals surface area contributed by atoms with Crippen molar-refractivity contribution in [1.29, 1.82) is 0 Å². The average molecular weight is 963 g/mol. The zero-order chi connectivity index (χ0) is 49.7. The molecule has 0 unspecified atom stereocenters. The third-order valence-corrected chi connectivity index (χ3v) is 15.3. The van der Waals surface area contributed by atoms with Crippen LogP contribution >= 0.6 is 0 Å². The van der Waals surface area contributed by atoms with E-state index in [0.29, 0.717) is 0 Å². The van der Waals surface area contributed by atoms with Gasteiger partial charge in [0, 0.05) is 77.7 Å². The van der Waals surface area contributed by atoms with E-state index in [1.165, 1.54) is 11.1 Å². The second kappa shape index (κ2) is 16.9. The first-order valence-electron chi connectivity index (χ1n) is 25.6. The Morgan fingerprint density at radius 1 is 0.253 bits per heavy atom. The van der Waals surface area contributed by atoms with Crippen LogP contribution in [-0.4, -0.2) is 0 Å². The monoisotopic (exact) mass is 962 g/mol. The van der Waals surface area contributed by atoms with Gasteiger partial charge in [-0.05, 0) is 83.3 Å². The first-order chi connectivity index (χ1) is 37.1. The van der Waals surface area contributed by atoms with E-state index in [2.05, 4.69) is 266 Å². The number of para-hydroxylation sites is 6. The Morgan fingerprint density at radius 2 is 0.587 bits per heavy atom. The van der Waals surface area contributed by atoms with Gasteiger partial charge in [0.25, 0.3) is 0 Å². The summed E-state index contributed by atoms with van der Waals surface area (Å²) in [5.74, 6) is 0. The molecule has 5 nitrogen and oxygen atoms in total. The lowest BCUT2D eigenvalue weighted by molar-refractivity contribution is 0.668. The van der Waals surface area contributed by atoms with Crippen molar-refractivity contribution in [2.75, 3.05) is 9.80 Å². The second-order valence-corrected chi connectivity index (χ2v) is 19.6. The average Bonchev–Trinajstić information content (AvgIpc) is 4.23. The molecule has 0 amide bonds. The van der Waals surface area contributed by atoms with E-state index in [1.807, 2.05) is 0 Å². The van der Waals surface area contributed by atoms with Gasteiger partial charge in [-0.25, -0.2) is 0 Å². The van der Waals surface area contributed by atoms with Gasteiger partial charge in [0.1, 0.15) is 22.3 Å². The number of benzene rings is 12. The molecule has 354 valence electrons. The minimum Gasteiger partial charge on any atom is -0.456 e. The van der Waals surface area contributed by atoms with Gasteiger partial charge in [0.15, 0.2) is 11.2 Å². The second-order valence-electron chi connectivity index (χ2n) is 19.6. The molecular formula is C70H46N2O3. The van der Waals surface area contributed by atoms with E-state index >= 15 is 0 Å². The molecular weight excluding hydrogens is 917 g/mol. The standard InChI is InChI=1S/C70H46N2O3/c1-43-21-9-11-27-47(43)53-33-17-35-55-57-37-19-39-59(69(57)74-67(53)55)71(45-23-5-3-6-24-45)61-41-63-65(51-31-15-13-29-49(51)61)66-52-32-16-14-30-50(52)62(42-64(66)73-63)72(46-25-7-4-8-26-46)60-40-20-38-58-56-36-18-34-54(68(56)75-70(58)60)48-28-12-10-22-44(48)2/h3-42H,1-2H3. The van der Waals surface area contributed by atoms with Crippen molar-refractivity contribution in [2.45, 2.75) is 13.8 Å². The molecule has 15 rings (SSSR count). The molecule has 5 heteroatoms. The van der Waals surface area contributed by atoms with Gasteiger partial charge in [0.2, 0.25) is 0 Å². The van der Waals surface area contributed by atoms with E-state index in [-0.39, 0.29) is 0 Å². The molecule has 0 saturated heterocycles. The van der Waals surface area contributed by atoms with Gasteiger partial charge in [-0.15, -0.1) is 0 Å². The molecule has 0 spiro atoms. The van der Waals surface area contributed by atoms with E-state index in [9.17, 15) is 0 Å². The van der Waals surface area contributed by atoms with Crippen molar-refractivity contribution in [3.05, 3.63) is 254 Å². The number of rotatable bonds is 8. The van der Waals surface area contributed by atoms with Crippen molar-refractivity contribution in [2.24, 2.45) is 0 Å². The SMILES string of the molecule is Cc1ccccc1-c1cccc2c1oc1c(N(c3ccccc3)c3cc4oc5cc(N(c6ccccc6)c6cccc7c6oc6c(-c8ccccc8C)cccc67)c6ccccc6c5c4c4ccccc34)cccc12.